The summed E-state index contributed by atoms with van der Waals surface area (Å²) in [5.74, 6) is 0. The number of hydrogen-bond acceptors (Lipinski definition) is 3. The predicted octanol–water partition coefficient (Wildman–Crippen LogP) is 4.48. The third kappa shape index (κ3) is 3.13. The maximum Gasteiger partial charge on any atom is 0.0975 e. The highest BCUT2D eigenvalue weighted by atomic mass is 79.9. The van der Waals surface area contributed by atoms with Gasteiger partial charge in [0.05, 0.1) is 10.7 Å². The van der Waals surface area contributed by atoms with E-state index in [1.165, 1.54) is 34.0 Å². The summed E-state index contributed by atoms with van der Waals surface area (Å²) in [5.41, 5.74) is 2.66. The molecular formula is C16H19BrN2S. The van der Waals surface area contributed by atoms with Gasteiger partial charge in [-0.15, -0.1) is 11.3 Å². The maximum atomic E-state index is 4.87. The second-order valence-corrected chi connectivity index (χ2v) is 7.26. The lowest BCUT2D eigenvalue weighted by molar-refractivity contribution is 0.476. The molecule has 0 saturated carbocycles. The molecule has 1 aromatic carbocycles. The van der Waals surface area contributed by atoms with Crippen LogP contribution >= 0.6 is 27.3 Å². The Morgan fingerprint density at radius 1 is 1.45 bits per heavy atom. The Balaban J connectivity index is 1.82. The van der Waals surface area contributed by atoms with E-state index in [0.717, 1.165) is 23.9 Å². The van der Waals surface area contributed by atoms with Gasteiger partial charge < -0.3 is 5.32 Å². The number of rotatable bonds is 4. The van der Waals surface area contributed by atoms with Crippen LogP contribution in [0.15, 0.2) is 28.7 Å². The topological polar surface area (TPSA) is 24.9 Å². The van der Waals surface area contributed by atoms with Crippen LogP contribution in [0.2, 0.25) is 0 Å². The minimum Gasteiger partial charge on any atom is -0.309 e. The van der Waals surface area contributed by atoms with Crippen molar-refractivity contribution in [3.05, 3.63) is 49.9 Å². The van der Waals surface area contributed by atoms with Gasteiger partial charge in [-0.25, -0.2) is 4.98 Å². The van der Waals surface area contributed by atoms with Crippen LogP contribution in [-0.4, -0.2) is 11.5 Å². The summed E-state index contributed by atoms with van der Waals surface area (Å²) in [5, 5.41) is 4.84. The van der Waals surface area contributed by atoms with Gasteiger partial charge >= 0.3 is 0 Å². The van der Waals surface area contributed by atoms with Crippen molar-refractivity contribution in [2.24, 2.45) is 0 Å². The number of aromatic nitrogens is 1. The third-order valence-electron chi connectivity index (χ3n) is 3.69. The molecule has 106 valence electrons. The van der Waals surface area contributed by atoms with Crippen LogP contribution in [-0.2, 0) is 12.8 Å². The van der Waals surface area contributed by atoms with Gasteiger partial charge in [0.25, 0.3) is 0 Å². The fourth-order valence-corrected chi connectivity index (χ4v) is 4.51. The van der Waals surface area contributed by atoms with Crippen molar-refractivity contribution in [2.45, 2.75) is 38.6 Å². The van der Waals surface area contributed by atoms with Crippen LogP contribution in [0.25, 0.3) is 0 Å². The van der Waals surface area contributed by atoms with Gasteiger partial charge in [0.2, 0.25) is 0 Å². The van der Waals surface area contributed by atoms with Gasteiger partial charge in [0.15, 0.2) is 0 Å². The van der Waals surface area contributed by atoms with Crippen molar-refractivity contribution in [1.29, 1.82) is 0 Å². The molecule has 2 aromatic rings. The molecule has 0 aliphatic heterocycles. The van der Waals surface area contributed by atoms with E-state index in [2.05, 4.69) is 52.4 Å². The minimum absolute atomic E-state index is 0.525. The molecule has 1 atom stereocenters. The zero-order chi connectivity index (χ0) is 13.9. The van der Waals surface area contributed by atoms with Crippen LogP contribution < -0.4 is 5.32 Å². The molecule has 1 heterocycles. The van der Waals surface area contributed by atoms with Crippen molar-refractivity contribution in [3.8, 4) is 0 Å². The molecule has 0 spiro atoms. The van der Waals surface area contributed by atoms with Gasteiger partial charge in [0.1, 0.15) is 0 Å². The molecule has 0 saturated heterocycles. The van der Waals surface area contributed by atoms with E-state index < -0.39 is 0 Å². The average molecular weight is 351 g/mol. The van der Waals surface area contributed by atoms with E-state index in [9.17, 15) is 0 Å². The average Bonchev–Trinajstić information content (AvgIpc) is 2.82. The van der Waals surface area contributed by atoms with Gasteiger partial charge in [-0.05, 0) is 43.5 Å². The zero-order valence-electron chi connectivity index (χ0n) is 11.7. The normalized spacial score (nSPS) is 18.0. The maximum absolute atomic E-state index is 4.87. The fraction of sp³-hybridized carbons (Fsp3) is 0.438. The Labute approximate surface area is 132 Å². The van der Waals surface area contributed by atoms with Crippen LogP contribution in [0, 0.1) is 0 Å². The molecule has 1 unspecified atom stereocenters. The summed E-state index contributed by atoms with van der Waals surface area (Å²) in [6, 6.07) is 9.04. The number of halogens is 1. The summed E-state index contributed by atoms with van der Waals surface area (Å²) in [7, 11) is 0. The van der Waals surface area contributed by atoms with E-state index in [4.69, 9.17) is 4.98 Å². The molecule has 0 fully saturated rings. The predicted molar refractivity (Wildman–Crippen MR) is 88.4 cm³/mol. The number of aryl methyl sites for hydroxylation is 1. The van der Waals surface area contributed by atoms with Gasteiger partial charge in [-0.3, -0.25) is 0 Å². The lowest BCUT2D eigenvalue weighted by Gasteiger charge is -2.21. The molecule has 0 bridgehead atoms. The van der Waals surface area contributed by atoms with Gasteiger partial charge in [-0.1, -0.05) is 35.0 Å². The summed E-state index contributed by atoms with van der Waals surface area (Å²) in [6.45, 7) is 3.21. The number of fused-ring (bicyclic) bond motifs is 1. The molecule has 1 aromatic heterocycles. The minimum atomic E-state index is 0.525. The van der Waals surface area contributed by atoms with E-state index in [1.807, 2.05) is 11.3 Å². The van der Waals surface area contributed by atoms with E-state index in [1.54, 1.807) is 0 Å². The highest BCUT2D eigenvalue weighted by Crippen LogP contribution is 2.34. The first-order valence-electron chi connectivity index (χ1n) is 7.22. The quantitative estimate of drug-likeness (QED) is 0.878. The highest BCUT2D eigenvalue weighted by molar-refractivity contribution is 9.10. The Morgan fingerprint density at radius 2 is 2.35 bits per heavy atom. The first kappa shape index (κ1) is 14.2. The van der Waals surface area contributed by atoms with E-state index >= 15 is 0 Å². The number of thiazole rings is 1. The molecule has 0 radical (unpaired) electrons. The van der Waals surface area contributed by atoms with Crippen LogP contribution in [0.3, 0.4) is 0 Å². The lowest BCUT2D eigenvalue weighted by atomic mass is 9.98. The van der Waals surface area contributed by atoms with Crippen molar-refractivity contribution >= 4 is 27.3 Å². The van der Waals surface area contributed by atoms with Crippen molar-refractivity contribution in [2.75, 3.05) is 6.54 Å². The van der Waals surface area contributed by atoms with Gasteiger partial charge in [0, 0.05) is 21.8 Å². The van der Waals surface area contributed by atoms with Crippen molar-refractivity contribution in [1.82, 2.24) is 10.3 Å². The molecule has 3 rings (SSSR count). The lowest BCUT2D eigenvalue weighted by Crippen LogP contribution is -2.23. The molecule has 1 aliphatic rings. The first-order valence-corrected chi connectivity index (χ1v) is 8.83. The van der Waals surface area contributed by atoms with Gasteiger partial charge in [-0.2, -0.15) is 0 Å². The first-order chi connectivity index (χ1) is 9.76. The van der Waals surface area contributed by atoms with E-state index in [0.29, 0.717) is 6.04 Å². The SMILES string of the molecule is CCNC1CCCc2nc(Cc3cccc(Br)c3)sc21. The third-order valence-corrected chi connectivity index (χ3v) is 5.39. The fourth-order valence-electron chi connectivity index (χ4n) is 2.81. The van der Waals surface area contributed by atoms with Crippen LogP contribution in [0.5, 0.6) is 0 Å². The van der Waals surface area contributed by atoms with Crippen molar-refractivity contribution < 1.29 is 0 Å². The second-order valence-electron chi connectivity index (χ2n) is 5.23. The summed E-state index contributed by atoms with van der Waals surface area (Å²) in [6.07, 6.45) is 4.59. The molecule has 0 amide bonds. The number of nitrogens with one attached hydrogen (secondary N) is 1. The van der Waals surface area contributed by atoms with E-state index in [-0.39, 0.29) is 0 Å². The number of hydrogen-bond donors (Lipinski definition) is 1. The molecule has 1 aliphatic carbocycles. The van der Waals surface area contributed by atoms with Crippen LogP contribution in [0.4, 0.5) is 0 Å². The second kappa shape index (κ2) is 6.37. The molecule has 20 heavy (non-hydrogen) atoms. The van der Waals surface area contributed by atoms with Crippen molar-refractivity contribution in [3.63, 3.8) is 0 Å². The number of nitrogens with zero attached hydrogens (tertiary/aromatic N) is 1. The van der Waals surface area contributed by atoms with Crippen LogP contribution in [0.1, 0.15) is 46.9 Å². The Kier molecular flexibility index (Phi) is 4.54. The molecular weight excluding hydrogens is 332 g/mol. The zero-order valence-corrected chi connectivity index (χ0v) is 14.1. The summed E-state index contributed by atoms with van der Waals surface area (Å²) >= 11 is 5.43. The standard InChI is InChI=1S/C16H19BrN2S/c1-2-18-13-7-4-8-14-16(13)20-15(19-14)10-11-5-3-6-12(17)9-11/h3,5-6,9,13,18H,2,4,7-8,10H2,1H3. The summed E-state index contributed by atoms with van der Waals surface area (Å²) < 4.78 is 1.14. The smallest absolute Gasteiger partial charge is 0.0975 e. The Hall–Kier alpha value is -0.710. The Morgan fingerprint density at radius 3 is 3.15 bits per heavy atom. The largest absolute Gasteiger partial charge is 0.309 e. The highest BCUT2D eigenvalue weighted by Gasteiger charge is 2.23. The number of benzene rings is 1. The summed E-state index contributed by atoms with van der Waals surface area (Å²) in [4.78, 5) is 6.35. The molecule has 1 N–H and O–H groups in total. The molecule has 2 nitrogen and oxygen atoms in total. The monoisotopic (exact) mass is 350 g/mol. The Bertz CT molecular complexity index is 594. The molecule has 4 heteroatoms.